The van der Waals surface area contributed by atoms with Gasteiger partial charge in [0.1, 0.15) is 6.04 Å². The van der Waals surface area contributed by atoms with Crippen LogP contribution in [0.5, 0.6) is 0 Å². The van der Waals surface area contributed by atoms with E-state index in [0.717, 1.165) is 23.6 Å². The number of benzene rings is 3. The van der Waals surface area contributed by atoms with Gasteiger partial charge >= 0.3 is 0 Å². The number of carbonyl (C=O) groups is 1. The number of nitro benzene ring substituents is 1. The third kappa shape index (κ3) is 6.64. The van der Waals surface area contributed by atoms with Gasteiger partial charge in [0.15, 0.2) is 5.96 Å². The van der Waals surface area contributed by atoms with Gasteiger partial charge < -0.3 is 16.0 Å². The molecule has 1 fully saturated rings. The molecule has 1 saturated heterocycles. The van der Waals surface area contributed by atoms with E-state index in [9.17, 15) is 23.3 Å². The van der Waals surface area contributed by atoms with Gasteiger partial charge in [-0.3, -0.25) is 20.3 Å². The Hall–Kier alpha value is -4.03. The van der Waals surface area contributed by atoms with Crippen molar-refractivity contribution in [3.63, 3.8) is 0 Å². The molecule has 1 aliphatic heterocycles. The molecule has 0 unspecified atom stereocenters. The molecule has 11 nitrogen and oxygen atoms in total. The molecule has 0 aliphatic carbocycles. The maximum Gasteiger partial charge on any atom is 0.269 e. The molecule has 12 heteroatoms. The number of carbonyl (C=O) groups excluding carboxylic acids is 1. The number of nitrogens with zero attached hydrogens (tertiary/aromatic N) is 2. The highest BCUT2D eigenvalue weighted by molar-refractivity contribution is 7.89. The summed E-state index contributed by atoms with van der Waals surface area (Å²) in [5.41, 5.74) is 6.08. The van der Waals surface area contributed by atoms with Gasteiger partial charge in [0.2, 0.25) is 15.9 Å². The fourth-order valence-corrected chi connectivity index (χ4v) is 5.82. The number of piperidine rings is 1. The molecule has 3 aromatic carbocycles. The maximum atomic E-state index is 13.3. The van der Waals surface area contributed by atoms with Crippen LogP contribution in [-0.4, -0.2) is 55.8 Å². The number of guanidine groups is 1. The molecule has 1 aliphatic rings. The van der Waals surface area contributed by atoms with Gasteiger partial charge in [0.05, 0.1) is 9.82 Å². The normalized spacial score (nSPS) is 16.6. The van der Waals surface area contributed by atoms with E-state index in [1.807, 2.05) is 24.3 Å². The van der Waals surface area contributed by atoms with Gasteiger partial charge in [-0.15, -0.1) is 0 Å². The van der Waals surface area contributed by atoms with E-state index in [4.69, 9.17) is 11.1 Å². The Bertz CT molecular complexity index is 1440. The predicted octanol–water partition coefficient (Wildman–Crippen LogP) is 2.36. The molecular formula is C26H30N6O5S. The van der Waals surface area contributed by atoms with Crippen LogP contribution in [0.25, 0.3) is 10.8 Å². The van der Waals surface area contributed by atoms with E-state index in [2.05, 4.69) is 10.0 Å². The van der Waals surface area contributed by atoms with Gasteiger partial charge in [0, 0.05) is 31.8 Å². The second-order valence-corrected chi connectivity index (χ2v) is 11.1. The molecule has 0 spiro atoms. The van der Waals surface area contributed by atoms with Crippen LogP contribution in [0.15, 0.2) is 71.6 Å². The molecule has 3 aromatic rings. The fourth-order valence-electron chi connectivity index (χ4n) is 4.59. The number of sulfonamides is 1. The number of rotatable bonds is 9. The van der Waals surface area contributed by atoms with E-state index in [1.54, 1.807) is 17.0 Å². The Morgan fingerprint density at radius 2 is 1.84 bits per heavy atom. The number of hydrogen-bond acceptors (Lipinski definition) is 6. The molecule has 2 atom stereocenters. The smallest absolute Gasteiger partial charge is 0.269 e. The molecule has 5 N–H and O–H groups in total. The van der Waals surface area contributed by atoms with Crippen LogP contribution < -0.4 is 15.8 Å². The van der Waals surface area contributed by atoms with Crippen LogP contribution in [0.2, 0.25) is 0 Å². The molecule has 4 rings (SSSR count). The Morgan fingerprint density at radius 3 is 2.53 bits per heavy atom. The summed E-state index contributed by atoms with van der Waals surface area (Å²) in [7, 11) is -4.07. The summed E-state index contributed by atoms with van der Waals surface area (Å²) in [5, 5.41) is 23.2. The molecular weight excluding hydrogens is 508 g/mol. The van der Waals surface area contributed by atoms with Crippen molar-refractivity contribution in [1.29, 1.82) is 5.41 Å². The van der Waals surface area contributed by atoms with Crippen LogP contribution in [-0.2, 0) is 21.2 Å². The molecule has 1 amide bonds. The summed E-state index contributed by atoms with van der Waals surface area (Å²) in [6.07, 6.45) is 1.68. The first-order valence-corrected chi connectivity index (χ1v) is 13.7. The Labute approximate surface area is 220 Å². The van der Waals surface area contributed by atoms with Crippen LogP contribution >= 0.6 is 0 Å². The van der Waals surface area contributed by atoms with E-state index < -0.39 is 26.9 Å². The highest BCUT2D eigenvalue weighted by atomic mass is 32.2. The average molecular weight is 539 g/mol. The van der Waals surface area contributed by atoms with Gasteiger partial charge in [-0.25, -0.2) is 8.42 Å². The van der Waals surface area contributed by atoms with E-state index >= 15 is 0 Å². The van der Waals surface area contributed by atoms with Gasteiger partial charge in [0.25, 0.3) is 5.69 Å². The lowest BCUT2D eigenvalue weighted by atomic mass is 9.98. The monoisotopic (exact) mass is 538 g/mol. The number of likely N-dealkylation sites (tertiary alicyclic amines) is 1. The maximum absolute atomic E-state index is 13.3. The van der Waals surface area contributed by atoms with Gasteiger partial charge in [-0.1, -0.05) is 42.5 Å². The van der Waals surface area contributed by atoms with E-state index in [-0.39, 0.29) is 28.9 Å². The summed E-state index contributed by atoms with van der Waals surface area (Å²) >= 11 is 0. The van der Waals surface area contributed by atoms with Crippen molar-refractivity contribution in [2.75, 3.05) is 19.6 Å². The number of nitrogens with one attached hydrogen (secondary N) is 3. The molecule has 0 saturated carbocycles. The summed E-state index contributed by atoms with van der Waals surface area (Å²) < 4.78 is 29.2. The van der Waals surface area contributed by atoms with Crippen molar-refractivity contribution in [3.8, 4) is 0 Å². The Morgan fingerprint density at radius 1 is 1.13 bits per heavy atom. The zero-order chi connectivity index (χ0) is 27.3. The lowest BCUT2D eigenvalue weighted by Crippen LogP contribution is -2.51. The lowest BCUT2D eigenvalue weighted by molar-refractivity contribution is -0.384. The van der Waals surface area contributed by atoms with Crippen molar-refractivity contribution in [3.05, 3.63) is 82.4 Å². The first kappa shape index (κ1) is 27.0. The number of hydrogen-bond donors (Lipinski definition) is 4. The first-order valence-electron chi connectivity index (χ1n) is 12.2. The lowest BCUT2D eigenvalue weighted by Gasteiger charge is -2.33. The molecule has 0 bridgehead atoms. The Balaban J connectivity index is 1.53. The summed E-state index contributed by atoms with van der Waals surface area (Å²) in [6.45, 7) is 1.52. The Kier molecular flexibility index (Phi) is 8.23. The number of amides is 1. The minimum atomic E-state index is -4.07. The molecule has 0 radical (unpaired) electrons. The van der Waals surface area contributed by atoms with Gasteiger partial charge in [-0.05, 0) is 53.6 Å². The largest absolute Gasteiger partial charge is 0.370 e. The van der Waals surface area contributed by atoms with Crippen LogP contribution in [0, 0.1) is 21.4 Å². The topological polar surface area (TPSA) is 172 Å². The van der Waals surface area contributed by atoms with Crippen LogP contribution in [0.3, 0.4) is 0 Å². The number of fused-ring (bicyclic) bond motifs is 1. The van der Waals surface area contributed by atoms with Crippen molar-refractivity contribution < 1.29 is 18.1 Å². The van der Waals surface area contributed by atoms with E-state index in [0.29, 0.717) is 25.2 Å². The second kappa shape index (κ2) is 11.6. The van der Waals surface area contributed by atoms with Crippen molar-refractivity contribution >= 4 is 38.3 Å². The first-order chi connectivity index (χ1) is 18.1. The van der Waals surface area contributed by atoms with Crippen molar-refractivity contribution in [2.45, 2.75) is 30.2 Å². The number of nitro groups is 1. The van der Waals surface area contributed by atoms with Crippen LogP contribution in [0.1, 0.15) is 18.4 Å². The highest BCUT2D eigenvalue weighted by Crippen LogP contribution is 2.20. The number of non-ortho nitro benzene ring substituents is 1. The second-order valence-electron chi connectivity index (χ2n) is 9.40. The minimum Gasteiger partial charge on any atom is -0.370 e. The van der Waals surface area contributed by atoms with Crippen molar-refractivity contribution in [2.24, 2.45) is 11.7 Å². The summed E-state index contributed by atoms with van der Waals surface area (Å²) in [5.74, 6) is -0.457. The SMILES string of the molecule is N=C(N)N1CCC[C@@H](CNC(=O)[C@@H](Cc2ccc([N+](=O)[O-])cc2)NS(=O)(=O)c2ccc3ccccc3c2)C1. The number of nitrogens with two attached hydrogens (primary N) is 1. The summed E-state index contributed by atoms with van der Waals surface area (Å²) in [4.78, 5) is 25.5. The standard InChI is InChI=1S/C26H30N6O5S/c27-26(28)31-13-3-4-19(17-31)16-29-25(33)24(14-18-7-10-22(11-8-18)32(34)35)30-38(36,37)23-12-9-20-5-1-2-6-21(20)15-23/h1-2,5-12,15,19,24,30H,3-4,13-14,16-17H2,(H3,27,28)(H,29,33)/t19-,24+/m0/s1. The molecule has 200 valence electrons. The highest BCUT2D eigenvalue weighted by Gasteiger charge is 2.28. The zero-order valence-electron chi connectivity index (χ0n) is 20.7. The predicted molar refractivity (Wildman–Crippen MR) is 144 cm³/mol. The summed E-state index contributed by atoms with van der Waals surface area (Å²) in [6, 6.07) is 16.6. The zero-order valence-corrected chi connectivity index (χ0v) is 21.5. The minimum absolute atomic E-state index is 0.000870. The third-order valence-corrected chi connectivity index (χ3v) is 8.13. The van der Waals surface area contributed by atoms with Crippen molar-refractivity contribution in [1.82, 2.24) is 14.9 Å². The fraction of sp³-hybridized carbons (Fsp3) is 0.308. The third-order valence-electron chi connectivity index (χ3n) is 6.66. The molecule has 0 aromatic heterocycles. The molecule has 38 heavy (non-hydrogen) atoms. The molecule has 1 heterocycles. The van der Waals surface area contributed by atoms with Gasteiger partial charge in [-0.2, -0.15) is 4.72 Å². The average Bonchev–Trinajstić information content (AvgIpc) is 2.91. The van der Waals surface area contributed by atoms with E-state index in [1.165, 1.54) is 30.3 Å². The van der Waals surface area contributed by atoms with Crippen LogP contribution in [0.4, 0.5) is 5.69 Å². The quantitative estimate of drug-likeness (QED) is 0.140.